The number of β-amino-alcohol motifs (C(OH)–C–C–N with tert-alkyl or cyclic N) is 1. The average molecular weight is 262 g/mol. The SMILES string of the molecule is CC1(C)CC2(C=C(C#N)C1=O)CCCN(CCO)C2. The van der Waals surface area contributed by atoms with E-state index >= 15 is 0 Å². The van der Waals surface area contributed by atoms with Gasteiger partial charge in [0.2, 0.25) is 0 Å². The summed E-state index contributed by atoms with van der Waals surface area (Å²) in [6.07, 6.45) is 4.78. The van der Waals surface area contributed by atoms with Gasteiger partial charge in [0.15, 0.2) is 5.78 Å². The second-order valence-electron chi connectivity index (χ2n) is 6.53. The van der Waals surface area contributed by atoms with Crippen LogP contribution in [0.25, 0.3) is 0 Å². The number of allylic oxidation sites excluding steroid dienone is 1. The van der Waals surface area contributed by atoms with Gasteiger partial charge in [0.1, 0.15) is 6.07 Å². The minimum absolute atomic E-state index is 0.0279. The molecule has 1 aliphatic carbocycles. The Balaban J connectivity index is 2.30. The van der Waals surface area contributed by atoms with Gasteiger partial charge >= 0.3 is 0 Å². The number of likely N-dealkylation sites (tertiary alicyclic amines) is 1. The molecule has 0 saturated carbocycles. The van der Waals surface area contributed by atoms with E-state index in [1.165, 1.54) is 0 Å². The van der Waals surface area contributed by atoms with Gasteiger partial charge in [0.25, 0.3) is 0 Å². The summed E-state index contributed by atoms with van der Waals surface area (Å²) in [6.45, 7) is 6.54. The minimum atomic E-state index is -0.456. The van der Waals surface area contributed by atoms with Gasteiger partial charge in [-0.05, 0) is 25.8 Å². The van der Waals surface area contributed by atoms with Crippen LogP contribution in [0.1, 0.15) is 33.1 Å². The molecule has 1 atom stereocenters. The molecule has 0 aromatic rings. The molecule has 2 rings (SSSR count). The molecule has 1 N–H and O–H groups in total. The fourth-order valence-electron chi connectivity index (χ4n) is 3.68. The van der Waals surface area contributed by atoms with Crippen molar-refractivity contribution in [3.8, 4) is 6.07 Å². The van der Waals surface area contributed by atoms with E-state index in [2.05, 4.69) is 11.0 Å². The molecule has 104 valence electrons. The number of Topliss-reactive ketones (excluding diaryl/α,β-unsaturated/α-hetero) is 1. The van der Waals surface area contributed by atoms with E-state index in [0.717, 1.165) is 32.4 Å². The van der Waals surface area contributed by atoms with Gasteiger partial charge < -0.3 is 10.0 Å². The van der Waals surface area contributed by atoms with E-state index < -0.39 is 5.41 Å². The van der Waals surface area contributed by atoms with Crippen LogP contribution >= 0.6 is 0 Å². The third-order valence-electron chi connectivity index (χ3n) is 4.33. The second-order valence-corrected chi connectivity index (χ2v) is 6.53. The molecular formula is C15H22N2O2. The number of piperidine rings is 1. The van der Waals surface area contributed by atoms with E-state index in [0.29, 0.717) is 12.1 Å². The lowest BCUT2D eigenvalue weighted by Gasteiger charge is -2.47. The highest BCUT2D eigenvalue weighted by atomic mass is 16.3. The van der Waals surface area contributed by atoms with Gasteiger partial charge in [-0.3, -0.25) is 4.79 Å². The van der Waals surface area contributed by atoms with Crippen molar-refractivity contribution in [3.63, 3.8) is 0 Å². The Kier molecular flexibility index (Phi) is 3.80. The molecule has 19 heavy (non-hydrogen) atoms. The maximum Gasteiger partial charge on any atom is 0.178 e. The molecule has 1 heterocycles. The summed E-state index contributed by atoms with van der Waals surface area (Å²) in [4.78, 5) is 14.4. The van der Waals surface area contributed by atoms with Crippen LogP contribution in [0.4, 0.5) is 0 Å². The number of ketones is 1. The number of rotatable bonds is 2. The Morgan fingerprint density at radius 3 is 2.89 bits per heavy atom. The molecule has 4 heteroatoms. The molecule has 1 unspecified atom stereocenters. The van der Waals surface area contributed by atoms with Crippen molar-refractivity contribution in [3.05, 3.63) is 11.6 Å². The highest BCUT2D eigenvalue weighted by Crippen LogP contribution is 2.47. The van der Waals surface area contributed by atoms with E-state index in [9.17, 15) is 10.1 Å². The number of aliphatic hydroxyl groups is 1. The first-order valence-corrected chi connectivity index (χ1v) is 6.93. The molecular weight excluding hydrogens is 240 g/mol. The number of carbonyl (C=O) groups excluding carboxylic acids is 1. The van der Waals surface area contributed by atoms with Gasteiger partial charge in [-0.25, -0.2) is 0 Å². The predicted octanol–water partition coefficient (Wildman–Crippen LogP) is 1.51. The predicted molar refractivity (Wildman–Crippen MR) is 72.3 cm³/mol. The fraction of sp³-hybridized carbons (Fsp3) is 0.733. The number of hydrogen-bond donors (Lipinski definition) is 1. The largest absolute Gasteiger partial charge is 0.395 e. The van der Waals surface area contributed by atoms with Crippen LogP contribution in [0, 0.1) is 22.2 Å². The Hall–Kier alpha value is -1.18. The van der Waals surface area contributed by atoms with Gasteiger partial charge in [-0.15, -0.1) is 0 Å². The molecule has 1 spiro atoms. The van der Waals surface area contributed by atoms with Gasteiger partial charge in [-0.2, -0.15) is 5.26 Å². The van der Waals surface area contributed by atoms with Crippen LogP contribution in [0.15, 0.2) is 11.6 Å². The molecule has 1 fully saturated rings. The van der Waals surface area contributed by atoms with Crippen LogP contribution in [0.3, 0.4) is 0 Å². The summed E-state index contributed by atoms with van der Waals surface area (Å²) in [6, 6.07) is 2.07. The van der Waals surface area contributed by atoms with Crippen molar-refractivity contribution >= 4 is 5.78 Å². The van der Waals surface area contributed by atoms with Gasteiger partial charge in [-0.1, -0.05) is 19.9 Å². The van der Waals surface area contributed by atoms with Crippen LogP contribution in [-0.2, 0) is 4.79 Å². The topological polar surface area (TPSA) is 64.3 Å². The number of carbonyl (C=O) groups is 1. The summed E-state index contributed by atoms with van der Waals surface area (Å²) in [5.74, 6) is -0.0279. The Morgan fingerprint density at radius 2 is 2.26 bits per heavy atom. The van der Waals surface area contributed by atoms with Crippen LogP contribution in [-0.4, -0.2) is 42.0 Å². The van der Waals surface area contributed by atoms with E-state index in [-0.39, 0.29) is 17.8 Å². The zero-order valence-corrected chi connectivity index (χ0v) is 11.8. The molecule has 0 radical (unpaired) electrons. The highest BCUT2D eigenvalue weighted by Gasteiger charge is 2.46. The summed E-state index contributed by atoms with van der Waals surface area (Å²) < 4.78 is 0. The van der Waals surface area contributed by atoms with E-state index in [4.69, 9.17) is 5.11 Å². The second kappa shape index (κ2) is 5.07. The van der Waals surface area contributed by atoms with Crippen molar-refractivity contribution in [2.24, 2.45) is 10.8 Å². The standard InChI is InChI=1S/C15H22N2O2/c1-14(2)10-15(8-12(9-16)13(14)19)4-3-5-17(11-15)6-7-18/h8,18H,3-7,10-11H2,1-2H3. The molecule has 4 nitrogen and oxygen atoms in total. The molecule has 0 aromatic heterocycles. The summed E-state index contributed by atoms with van der Waals surface area (Å²) >= 11 is 0. The zero-order valence-electron chi connectivity index (χ0n) is 11.8. The van der Waals surface area contributed by atoms with Crippen molar-refractivity contribution in [1.82, 2.24) is 4.90 Å². The molecule has 1 saturated heterocycles. The van der Waals surface area contributed by atoms with Crippen LogP contribution < -0.4 is 0 Å². The average Bonchev–Trinajstić information content (AvgIpc) is 2.34. The maximum atomic E-state index is 12.2. The number of aliphatic hydroxyl groups excluding tert-OH is 1. The van der Waals surface area contributed by atoms with Crippen molar-refractivity contribution in [2.75, 3.05) is 26.2 Å². The molecule has 0 bridgehead atoms. The number of nitrogens with zero attached hydrogens (tertiary/aromatic N) is 2. The van der Waals surface area contributed by atoms with Gasteiger partial charge in [0.05, 0.1) is 12.2 Å². The smallest absolute Gasteiger partial charge is 0.178 e. The molecule has 1 aliphatic heterocycles. The lowest BCUT2D eigenvalue weighted by Crippen LogP contribution is -2.48. The maximum absolute atomic E-state index is 12.2. The van der Waals surface area contributed by atoms with Crippen LogP contribution in [0.5, 0.6) is 0 Å². The Labute approximate surface area is 114 Å². The summed E-state index contributed by atoms with van der Waals surface area (Å²) in [5, 5.41) is 18.3. The van der Waals surface area contributed by atoms with Crippen molar-refractivity contribution in [2.45, 2.75) is 33.1 Å². The quantitative estimate of drug-likeness (QED) is 0.819. The highest BCUT2D eigenvalue weighted by molar-refractivity contribution is 6.03. The summed E-state index contributed by atoms with van der Waals surface area (Å²) in [7, 11) is 0. The molecule has 2 aliphatic rings. The Morgan fingerprint density at radius 1 is 1.53 bits per heavy atom. The number of hydrogen-bond acceptors (Lipinski definition) is 4. The number of nitriles is 1. The van der Waals surface area contributed by atoms with Gasteiger partial charge in [0, 0.05) is 23.9 Å². The van der Waals surface area contributed by atoms with Crippen molar-refractivity contribution < 1.29 is 9.90 Å². The lowest BCUT2D eigenvalue weighted by molar-refractivity contribution is -0.126. The molecule has 0 aromatic carbocycles. The summed E-state index contributed by atoms with van der Waals surface area (Å²) in [5.41, 5.74) is -0.208. The minimum Gasteiger partial charge on any atom is -0.395 e. The third-order valence-corrected chi connectivity index (χ3v) is 4.33. The Bertz CT molecular complexity index is 446. The zero-order chi connectivity index (χ0) is 14.1. The fourth-order valence-corrected chi connectivity index (χ4v) is 3.68. The first-order chi connectivity index (χ1) is 8.92. The normalized spacial score (nSPS) is 31.1. The van der Waals surface area contributed by atoms with Crippen molar-refractivity contribution in [1.29, 1.82) is 5.26 Å². The molecule has 0 amide bonds. The third kappa shape index (κ3) is 2.72. The monoisotopic (exact) mass is 262 g/mol. The lowest BCUT2D eigenvalue weighted by atomic mass is 9.62. The first kappa shape index (κ1) is 14.2. The first-order valence-electron chi connectivity index (χ1n) is 6.93. The van der Waals surface area contributed by atoms with Crippen LogP contribution in [0.2, 0.25) is 0 Å². The van der Waals surface area contributed by atoms with E-state index in [1.807, 2.05) is 19.9 Å². The van der Waals surface area contributed by atoms with E-state index in [1.54, 1.807) is 0 Å².